The summed E-state index contributed by atoms with van der Waals surface area (Å²) in [6.45, 7) is 2.03. The number of aryl methyl sites for hydroxylation is 1. The first-order valence-electron chi connectivity index (χ1n) is 3.69. The molecule has 3 heteroatoms. The predicted molar refractivity (Wildman–Crippen MR) is 44.5 cm³/mol. The average molecular weight is 160 g/mol. The molecule has 0 N–H and O–H groups in total. The van der Waals surface area contributed by atoms with Crippen LogP contribution in [-0.4, -0.2) is 10.2 Å². The molecule has 0 aliphatic heterocycles. The van der Waals surface area contributed by atoms with E-state index in [4.69, 9.17) is 4.42 Å². The highest BCUT2D eigenvalue weighted by atomic mass is 16.4. The topological polar surface area (TPSA) is 38.9 Å². The highest BCUT2D eigenvalue weighted by molar-refractivity contribution is 5.53. The van der Waals surface area contributed by atoms with Crippen LogP contribution < -0.4 is 0 Å². The Balaban J connectivity index is 2.48. The van der Waals surface area contributed by atoms with Crippen molar-refractivity contribution >= 4 is 0 Å². The number of hydrogen-bond acceptors (Lipinski definition) is 3. The van der Waals surface area contributed by atoms with E-state index in [1.54, 1.807) is 0 Å². The molecule has 0 amide bonds. The molecule has 1 heterocycles. The molecule has 2 rings (SSSR count). The molecule has 2 aromatic rings. The van der Waals surface area contributed by atoms with Gasteiger partial charge < -0.3 is 4.42 Å². The van der Waals surface area contributed by atoms with Crippen LogP contribution in [0.2, 0.25) is 0 Å². The van der Waals surface area contributed by atoms with Gasteiger partial charge in [-0.15, -0.1) is 10.2 Å². The molecule has 3 nitrogen and oxygen atoms in total. The Morgan fingerprint density at radius 3 is 2.92 bits per heavy atom. The number of hydrogen-bond donors (Lipinski definition) is 0. The third-order valence-electron chi connectivity index (χ3n) is 1.63. The van der Waals surface area contributed by atoms with E-state index in [2.05, 4.69) is 10.2 Å². The Morgan fingerprint density at radius 2 is 2.25 bits per heavy atom. The second-order valence-electron chi connectivity index (χ2n) is 2.61. The molecule has 0 bridgehead atoms. The number of rotatable bonds is 1. The zero-order chi connectivity index (χ0) is 8.39. The van der Waals surface area contributed by atoms with Gasteiger partial charge in [0, 0.05) is 5.56 Å². The summed E-state index contributed by atoms with van der Waals surface area (Å²) in [6.07, 6.45) is 1.33. The Hall–Kier alpha value is -1.64. The van der Waals surface area contributed by atoms with Crippen LogP contribution in [0.15, 0.2) is 35.1 Å². The van der Waals surface area contributed by atoms with Gasteiger partial charge in [-0.25, -0.2) is 0 Å². The standard InChI is InChI=1S/C9H8N2O/c1-7-3-2-4-8(5-7)9-11-10-6-12-9/h2-6H,1H3. The van der Waals surface area contributed by atoms with Crippen LogP contribution in [0, 0.1) is 6.92 Å². The first-order valence-corrected chi connectivity index (χ1v) is 3.69. The van der Waals surface area contributed by atoms with Crippen molar-refractivity contribution in [2.45, 2.75) is 6.92 Å². The molecule has 0 unspecified atom stereocenters. The Morgan fingerprint density at radius 1 is 1.33 bits per heavy atom. The molecule has 0 aliphatic carbocycles. The predicted octanol–water partition coefficient (Wildman–Crippen LogP) is 2.05. The third kappa shape index (κ3) is 1.21. The maximum Gasteiger partial charge on any atom is 0.247 e. The molecular formula is C9H8N2O. The first-order chi connectivity index (χ1) is 5.86. The van der Waals surface area contributed by atoms with Crippen molar-refractivity contribution in [1.29, 1.82) is 0 Å². The average Bonchev–Trinajstić information content (AvgIpc) is 2.56. The van der Waals surface area contributed by atoms with Crippen LogP contribution in [-0.2, 0) is 0 Å². The van der Waals surface area contributed by atoms with Crippen LogP contribution in [0.25, 0.3) is 11.5 Å². The van der Waals surface area contributed by atoms with Gasteiger partial charge in [-0.1, -0.05) is 17.7 Å². The molecule has 1 aromatic heterocycles. The van der Waals surface area contributed by atoms with E-state index in [-0.39, 0.29) is 0 Å². The summed E-state index contributed by atoms with van der Waals surface area (Å²) in [5.41, 5.74) is 2.15. The molecule has 0 spiro atoms. The van der Waals surface area contributed by atoms with Crippen molar-refractivity contribution in [3.63, 3.8) is 0 Å². The van der Waals surface area contributed by atoms with Gasteiger partial charge in [-0.05, 0) is 19.1 Å². The smallest absolute Gasteiger partial charge is 0.247 e. The van der Waals surface area contributed by atoms with Crippen molar-refractivity contribution in [1.82, 2.24) is 10.2 Å². The second kappa shape index (κ2) is 2.77. The molecule has 12 heavy (non-hydrogen) atoms. The Labute approximate surface area is 70.1 Å². The van der Waals surface area contributed by atoms with Crippen molar-refractivity contribution in [3.8, 4) is 11.5 Å². The molecule has 1 aromatic carbocycles. The highest BCUT2D eigenvalue weighted by Gasteiger charge is 2.01. The van der Waals surface area contributed by atoms with Gasteiger partial charge in [0.15, 0.2) is 0 Å². The lowest BCUT2D eigenvalue weighted by molar-refractivity contribution is 0.568. The highest BCUT2D eigenvalue weighted by Crippen LogP contribution is 2.16. The van der Waals surface area contributed by atoms with Crippen LogP contribution in [0.1, 0.15) is 5.56 Å². The quantitative estimate of drug-likeness (QED) is 0.640. The summed E-state index contributed by atoms with van der Waals surface area (Å²) < 4.78 is 5.05. The number of aromatic nitrogens is 2. The van der Waals surface area contributed by atoms with Crippen LogP contribution in [0.4, 0.5) is 0 Å². The molecular weight excluding hydrogens is 152 g/mol. The summed E-state index contributed by atoms with van der Waals surface area (Å²) >= 11 is 0. The van der Waals surface area contributed by atoms with Crippen LogP contribution in [0.5, 0.6) is 0 Å². The van der Waals surface area contributed by atoms with Crippen LogP contribution >= 0.6 is 0 Å². The minimum Gasteiger partial charge on any atom is -0.423 e. The lowest BCUT2D eigenvalue weighted by atomic mass is 10.1. The van der Waals surface area contributed by atoms with E-state index >= 15 is 0 Å². The van der Waals surface area contributed by atoms with Gasteiger partial charge in [0.25, 0.3) is 0 Å². The molecule has 60 valence electrons. The van der Waals surface area contributed by atoms with Crippen molar-refractivity contribution < 1.29 is 4.42 Å². The summed E-state index contributed by atoms with van der Waals surface area (Å²) in [7, 11) is 0. The summed E-state index contributed by atoms with van der Waals surface area (Å²) in [6, 6.07) is 7.95. The minimum absolute atomic E-state index is 0.568. The number of benzene rings is 1. The largest absolute Gasteiger partial charge is 0.423 e. The van der Waals surface area contributed by atoms with Gasteiger partial charge >= 0.3 is 0 Å². The fraction of sp³-hybridized carbons (Fsp3) is 0.111. The second-order valence-corrected chi connectivity index (χ2v) is 2.61. The van der Waals surface area contributed by atoms with Crippen molar-refractivity contribution in [2.75, 3.05) is 0 Å². The van der Waals surface area contributed by atoms with E-state index in [0.717, 1.165) is 5.56 Å². The SMILES string of the molecule is Cc1cccc(-c2nnco2)c1. The lowest BCUT2D eigenvalue weighted by Gasteiger charge is -1.94. The van der Waals surface area contributed by atoms with E-state index in [0.29, 0.717) is 5.89 Å². The zero-order valence-corrected chi connectivity index (χ0v) is 6.69. The molecule has 0 radical (unpaired) electrons. The van der Waals surface area contributed by atoms with E-state index < -0.39 is 0 Å². The zero-order valence-electron chi connectivity index (χ0n) is 6.69. The fourth-order valence-electron chi connectivity index (χ4n) is 1.08. The van der Waals surface area contributed by atoms with Gasteiger partial charge in [-0.2, -0.15) is 0 Å². The first kappa shape index (κ1) is 7.03. The maximum atomic E-state index is 5.05. The van der Waals surface area contributed by atoms with E-state index in [9.17, 15) is 0 Å². The normalized spacial score (nSPS) is 10.1. The van der Waals surface area contributed by atoms with Gasteiger partial charge in [0.05, 0.1) is 0 Å². The van der Waals surface area contributed by atoms with Gasteiger partial charge in [0.1, 0.15) is 0 Å². The van der Waals surface area contributed by atoms with Crippen molar-refractivity contribution in [3.05, 3.63) is 36.2 Å². The van der Waals surface area contributed by atoms with Gasteiger partial charge in [-0.3, -0.25) is 0 Å². The van der Waals surface area contributed by atoms with E-state index in [1.807, 2.05) is 31.2 Å². The third-order valence-corrected chi connectivity index (χ3v) is 1.63. The molecule has 0 atom stereocenters. The monoisotopic (exact) mass is 160 g/mol. The Bertz CT molecular complexity index is 368. The van der Waals surface area contributed by atoms with Gasteiger partial charge in [0.2, 0.25) is 12.3 Å². The van der Waals surface area contributed by atoms with Crippen molar-refractivity contribution in [2.24, 2.45) is 0 Å². The summed E-state index contributed by atoms with van der Waals surface area (Å²) in [4.78, 5) is 0. The maximum absolute atomic E-state index is 5.05. The molecule has 0 saturated heterocycles. The fourth-order valence-corrected chi connectivity index (χ4v) is 1.08. The summed E-state index contributed by atoms with van der Waals surface area (Å²) in [5.74, 6) is 0.568. The minimum atomic E-state index is 0.568. The molecule has 0 aliphatic rings. The lowest BCUT2D eigenvalue weighted by Crippen LogP contribution is -1.78. The number of nitrogens with zero attached hydrogens (tertiary/aromatic N) is 2. The molecule has 0 saturated carbocycles. The van der Waals surface area contributed by atoms with Crippen LogP contribution in [0.3, 0.4) is 0 Å². The Kier molecular flexibility index (Phi) is 1.63. The summed E-state index contributed by atoms with van der Waals surface area (Å²) in [5, 5.41) is 7.42. The molecule has 0 fully saturated rings. The van der Waals surface area contributed by atoms with E-state index in [1.165, 1.54) is 12.0 Å².